The van der Waals surface area contributed by atoms with Gasteiger partial charge in [-0.15, -0.1) is 5.73 Å². The van der Waals surface area contributed by atoms with E-state index < -0.39 is 0 Å². The van der Waals surface area contributed by atoms with Crippen LogP contribution in [0.25, 0.3) is 17.7 Å². The maximum absolute atomic E-state index is 6.03. The number of allylic oxidation sites excluding steroid dienone is 1. The topological polar surface area (TPSA) is 41.8 Å². The molecule has 0 unspecified atom stereocenters. The fraction of sp³-hybridized carbons (Fsp3) is 0.261. The molecule has 2 heteroatoms. The highest BCUT2D eigenvalue weighted by Crippen LogP contribution is 2.48. The summed E-state index contributed by atoms with van der Waals surface area (Å²) in [6.07, 6.45) is 6.85. The summed E-state index contributed by atoms with van der Waals surface area (Å²) in [5.41, 5.74) is 20.8. The number of benzene rings is 1. The summed E-state index contributed by atoms with van der Waals surface area (Å²) < 4.78 is 0. The molecular weight excluding hydrogens is 304 g/mol. The minimum absolute atomic E-state index is 0.115. The molecule has 126 valence electrons. The predicted molar refractivity (Wildman–Crippen MR) is 106 cm³/mol. The smallest absolute Gasteiger partial charge is 0.0489 e. The second-order valence-corrected chi connectivity index (χ2v) is 7.58. The monoisotopic (exact) mass is 328 g/mol. The Morgan fingerprint density at radius 1 is 1.24 bits per heavy atom. The lowest BCUT2D eigenvalue weighted by Crippen LogP contribution is -2.27. The van der Waals surface area contributed by atoms with Crippen molar-refractivity contribution in [2.45, 2.75) is 39.5 Å². The molecule has 0 atom stereocenters. The highest BCUT2D eigenvalue weighted by molar-refractivity contribution is 5.92. The first kappa shape index (κ1) is 15.8. The molecule has 2 nitrogen and oxygen atoms in total. The number of hydrogen-bond acceptors (Lipinski definition) is 1. The molecule has 0 bridgehead atoms. The van der Waals surface area contributed by atoms with Gasteiger partial charge in [0, 0.05) is 39.7 Å². The molecule has 2 aromatic rings. The minimum atomic E-state index is -0.115. The Hall–Kier alpha value is -2.70. The quantitative estimate of drug-likeness (QED) is 0.705. The SMILES string of the molecule is C=C1c2cc(C)c(CC)cc2C(C)(C)c2[nH]c3c(c21)C=C=CC(N)=C3. The lowest BCUT2D eigenvalue weighted by Gasteiger charge is -2.35. The molecule has 1 aromatic carbocycles. The number of H-pyrrole nitrogens is 1. The van der Waals surface area contributed by atoms with E-state index in [0.29, 0.717) is 5.70 Å². The van der Waals surface area contributed by atoms with Gasteiger partial charge >= 0.3 is 0 Å². The molecule has 0 saturated heterocycles. The van der Waals surface area contributed by atoms with Crippen LogP contribution in [0.2, 0.25) is 0 Å². The molecule has 4 rings (SSSR count). The summed E-state index contributed by atoms with van der Waals surface area (Å²) in [5, 5.41) is 0. The van der Waals surface area contributed by atoms with Gasteiger partial charge in [0.2, 0.25) is 0 Å². The average molecular weight is 328 g/mol. The molecule has 2 aliphatic carbocycles. The standard InChI is InChI=1S/C23H24N2/c1-6-15-11-19-18(10-13(15)2)14(3)21-17-9-7-8-16(24)12-20(17)25-22(21)23(19,4)5/h8-12,25H,3,6,24H2,1-2,4-5H3. The lowest BCUT2D eigenvalue weighted by atomic mass is 9.69. The summed E-state index contributed by atoms with van der Waals surface area (Å²) in [6, 6.07) is 4.67. The Morgan fingerprint density at radius 3 is 2.72 bits per heavy atom. The Kier molecular flexibility index (Phi) is 3.25. The maximum Gasteiger partial charge on any atom is 0.0489 e. The predicted octanol–water partition coefficient (Wildman–Crippen LogP) is 5.07. The third-order valence-electron chi connectivity index (χ3n) is 5.64. The van der Waals surface area contributed by atoms with Crippen molar-refractivity contribution < 1.29 is 0 Å². The van der Waals surface area contributed by atoms with Crippen molar-refractivity contribution in [1.82, 2.24) is 4.98 Å². The number of rotatable bonds is 1. The summed E-state index contributed by atoms with van der Waals surface area (Å²) in [6.45, 7) is 13.4. The zero-order chi connectivity index (χ0) is 17.9. The third kappa shape index (κ3) is 2.11. The zero-order valence-electron chi connectivity index (χ0n) is 15.4. The number of aryl methyl sites for hydroxylation is 2. The number of fused-ring (bicyclic) bond motifs is 4. The molecule has 0 spiro atoms. The fourth-order valence-electron chi connectivity index (χ4n) is 4.18. The average Bonchev–Trinajstić information content (AvgIpc) is 2.82. The van der Waals surface area contributed by atoms with Gasteiger partial charge in [-0.25, -0.2) is 0 Å². The second kappa shape index (κ2) is 5.15. The van der Waals surface area contributed by atoms with Gasteiger partial charge in [0.25, 0.3) is 0 Å². The Bertz CT molecular complexity index is 1020. The van der Waals surface area contributed by atoms with Crippen LogP contribution in [0.4, 0.5) is 0 Å². The minimum Gasteiger partial charge on any atom is -0.398 e. The third-order valence-corrected chi connectivity index (χ3v) is 5.64. The van der Waals surface area contributed by atoms with Crippen molar-refractivity contribution in [3.63, 3.8) is 0 Å². The molecular formula is C23H24N2. The van der Waals surface area contributed by atoms with Gasteiger partial charge < -0.3 is 10.7 Å². The second-order valence-electron chi connectivity index (χ2n) is 7.58. The zero-order valence-corrected chi connectivity index (χ0v) is 15.4. The molecule has 3 N–H and O–H groups in total. The number of aromatic nitrogens is 1. The number of nitrogens with two attached hydrogens (primary N) is 1. The molecule has 1 heterocycles. The van der Waals surface area contributed by atoms with Gasteiger partial charge in [0.05, 0.1) is 0 Å². The van der Waals surface area contributed by atoms with Crippen LogP contribution in [0.15, 0.2) is 36.2 Å². The summed E-state index contributed by atoms with van der Waals surface area (Å²) in [7, 11) is 0. The molecule has 2 aliphatic rings. The fourth-order valence-corrected chi connectivity index (χ4v) is 4.18. The Morgan fingerprint density at radius 2 is 2.00 bits per heavy atom. The van der Waals surface area contributed by atoms with E-state index in [1.54, 1.807) is 0 Å². The molecule has 0 radical (unpaired) electrons. The number of nitrogens with one attached hydrogen (secondary N) is 1. The van der Waals surface area contributed by atoms with Crippen molar-refractivity contribution in [1.29, 1.82) is 0 Å². The molecule has 1 aromatic heterocycles. The van der Waals surface area contributed by atoms with Gasteiger partial charge in [0.1, 0.15) is 0 Å². The van der Waals surface area contributed by atoms with Crippen LogP contribution in [0.5, 0.6) is 0 Å². The molecule has 0 saturated carbocycles. The number of aromatic amines is 1. The van der Waals surface area contributed by atoms with Crippen LogP contribution in [-0.2, 0) is 11.8 Å². The van der Waals surface area contributed by atoms with Crippen molar-refractivity contribution in [3.8, 4) is 0 Å². The van der Waals surface area contributed by atoms with Crippen LogP contribution in [0.1, 0.15) is 65.5 Å². The summed E-state index contributed by atoms with van der Waals surface area (Å²) >= 11 is 0. The van der Waals surface area contributed by atoms with Crippen molar-refractivity contribution in [2.24, 2.45) is 5.73 Å². The first-order valence-electron chi connectivity index (χ1n) is 8.84. The van der Waals surface area contributed by atoms with E-state index in [1.807, 2.05) is 18.2 Å². The summed E-state index contributed by atoms with van der Waals surface area (Å²) in [5.74, 6) is 0. The van der Waals surface area contributed by atoms with E-state index in [0.717, 1.165) is 23.3 Å². The largest absolute Gasteiger partial charge is 0.398 e. The van der Waals surface area contributed by atoms with Crippen molar-refractivity contribution >= 4 is 17.7 Å². The maximum atomic E-state index is 6.03. The number of hydrogen-bond donors (Lipinski definition) is 2. The Balaban J connectivity index is 2.05. The van der Waals surface area contributed by atoms with Gasteiger partial charge in [-0.2, -0.15) is 0 Å². The van der Waals surface area contributed by atoms with E-state index in [-0.39, 0.29) is 5.41 Å². The van der Waals surface area contributed by atoms with E-state index in [2.05, 4.69) is 57.1 Å². The van der Waals surface area contributed by atoms with Crippen LogP contribution in [-0.4, -0.2) is 4.98 Å². The van der Waals surface area contributed by atoms with Crippen LogP contribution in [0.3, 0.4) is 0 Å². The van der Waals surface area contributed by atoms with Crippen LogP contribution in [0, 0.1) is 6.92 Å². The summed E-state index contributed by atoms with van der Waals surface area (Å²) in [4.78, 5) is 3.63. The normalized spacial score (nSPS) is 16.8. The molecule has 25 heavy (non-hydrogen) atoms. The first-order valence-corrected chi connectivity index (χ1v) is 8.84. The van der Waals surface area contributed by atoms with Gasteiger partial charge in [-0.3, -0.25) is 0 Å². The van der Waals surface area contributed by atoms with Crippen LogP contribution < -0.4 is 5.73 Å². The van der Waals surface area contributed by atoms with E-state index >= 15 is 0 Å². The van der Waals surface area contributed by atoms with Gasteiger partial charge in [0.15, 0.2) is 0 Å². The van der Waals surface area contributed by atoms with Crippen LogP contribution >= 0.6 is 0 Å². The molecule has 0 amide bonds. The highest BCUT2D eigenvalue weighted by Gasteiger charge is 2.38. The lowest BCUT2D eigenvalue weighted by molar-refractivity contribution is 0.610. The van der Waals surface area contributed by atoms with Gasteiger partial charge in [-0.05, 0) is 53.3 Å². The Labute approximate surface area is 149 Å². The van der Waals surface area contributed by atoms with Crippen molar-refractivity contribution in [3.05, 3.63) is 81.0 Å². The first-order chi connectivity index (χ1) is 11.8. The van der Waals surface area contributed by atoms with E-state index in [4.69, 9.17) is 5.73 Å². The molecule has 0 aliphatic heterocycles. The van der Waals surface area contributed by atoms with E-state index in [1.165, 1.54) is 33.5 Å². The van der Waals surface area contributed by atoms with E-state index in [9.17, 15) is 0 Å². The highest BCUT2D eigenvalue weighted by atomic mass is 14.8. The molecule has 0 fully saturated rings. The van der Waals surface area contributed by atoms with Gasteiger partial charge in [-0.1, -0.05) is 39.5 Å². The van der Waals surface area contributed by atoms with Crippen molar-refractivity contribution in [2.75, 3.05) is 0 Å².